The van der Waals surface area contributed by atoms with Gasteiger partial charge in [0.15, 0.2) is 0 Å². The second-order valence-electron chi connectivity index (χ2n) is 3.63. The van der Waals surface area contributed by atoms with Crippen molar-refractivity contribution in [3.8, 4) is 0 Å². The summed E-state index contributed by atoms with van der Waals surface area (Å²) in [6, 6.07) is 4.79. The molecule has 1 aromatic carbocycles. The highest BCUT2D eigenvalue weighted by molar-refractivity contribution is 6.43. The number of carbonyl (C=O) groups is 2. The van der Waals surface area contributed by atoms with Gasteiger partial charge >= 0.3 is 5.97 Å². The number of carboxylic acid groups (broad SMARTS) is 1. The topological polar surface area (TPSA) is 57.6 Å². The predicted octanol–water partition coefficient (Wildman–Crippen LogP) is 2.93. The van der Waals surface area contributed by atoms with E-state index in [-0.39, 0.29) is 29.5 Å². The molecule has 0 aliphatic carbocycles. The van der Waals surface area contributed by atoms with Crippen molar-refractivity contribution in [2.24, 2.45) is 0 Å². The number of hydrogen-bond donors (Lipinski definition) is 1. The van der Waals surface area contributed by atoms with Gasteiger partial charge < -0.3 is 10.0 Å². The Morgan fingerprint density at radius 3 is 2.56 bits per heavy atom. The third-order valence-electron chi connectivity index (χ3n) is 2.45. The maximum Gasteiger partial charge on any atom is 0.305 e. The molecule has 0 aliphatic heterocycles. The van der Waals surface area contributed by atoms with E-state index in [9.17, 15) is 9.59 Å². The SMILES string of the molecule is CCN(CCC(=O)O)C(=O)c1cccc(Cl)c1Cl. The Labute approximate surface area is 115 Å². The minimum Gasteiger partial charge on any atom is -0.481 e. The van der Waals surface area contributed by atoms with E-state index in [1.54, 1.807) is 25.1 Å². The highest BCUT2D eigenvalue weighted by atomic mass is 35.5. The van der Waals surface area contributed by atoms with Crippen LogP contribution in [0.3, 0.4) is 0 Å². The van der Waals surface area contributed by atoms with E-state index in [0.29, 0.717) is 11.6 Å². The van der Waals surface area contributed by atoms with Crippen molar-refractivity contribution >= 4 is 35.1 Å². The summed E-state index contributed by atoms with van der Waals surface area (Å²) in [5, 5.41) is 9.12. The zero-order valence-corrected chi connectivity index (χ0v) is 11.3. The van der Waals surface area contributed by atoms with E-state index in [1.165, 1.54) is 4.90 Å². The van der Waals surface area contributed by atoms with Crippen molar-refractivity contribution in [1.82, 2.24) is 4.90 Å². The van der Waals surface area contributed by atoms with Gasteiger partial charge in [-0.3, -0.25) is 9.59 Å². The minimum absolute atomic E-state index is 0.0994. The van der Waals surface area contributed by atoms with Gasteiger partial charge in [0.25, 0.3) is 5.91 Å². The van der Waals surface area contributed by atoms with Gasteiger partial charge in [-0.05, 0) is 19.1 Å². The second kappa shape index (κ2) is 6.61. The summed E-state index contributed by atoms with van der Waals surface area (Å²) >= 11 is 11.8. The van der Waals surface area contributed by atoms with E-state index >= 15 is 0 Å². The van der Waals surface area contributed by atoms with Crippen LogP contribution in [0.2, 0.25) is 10.0 Å². The molecule has 4 nitrogen and oxygen atoms in total. The van der Waals surface area contributed by atoms with Crippen molar-refractivity contribution in [2.75, 3.05) is 13.1 Å². The minimum atomic E-state index is -0.946. The molecule has 18 heavy (non-hydrogen) atoms. The van der Waals surface area contributed by atoms with Crippen LogP contribution in [0.4, 0.5) is 0 Å². The van der Waals surface area contributed by atoms with Crippen molar-refractivity contribution in [1.29, 1.82) is 0 Å². The molecule has 0 saturated carbocycles. The van der Waals surface area contributed by atoms with Crippen LogP contribution in [-0.4, -0.2) is 35.0 Å². The van der Waals surface area contributed by atoms with Crippen molar-refractivity contribution in [3.63, 3.8) is 0 Å². The Balaban J connectivity index is 2.89. The molecule has 0 heterocycles. The first kappa shape index (κ1) is 14.8. The molecule has 1 amide bonds. The fraction of sp³-hybridized carbons (Fsp3) is 0.333. The summed E-state index contributed by atoms with van der Waals surface area (Å²) in [5.74, 6) is -1.26. The Hall–Kier alpha value is -1.26. The molecule has 0 radical (unpaired) electrons. The number of amides is 1. The first-order valence-corrected chi connectivity index (χ1v) is 6.18. The monoisotopic (exact) mass is 289 g/mol. The van der Waals surface area contributed by atoms with Gasteiger partial charge in [0, 0.05) is 13.1 Å². The zero-order chi connectivity index (χ0) is 13.7. The number of aliphatic carboxylic acids is 1. The molecule has 0 bridgehead atoms. The van der Waals surface area contributed by atoms with Gasteiger partial charge in [0.2, 0.25) is 0 Å². The van der Waals surface area contributed by atoms with E-state index in [2.05, 4.69) is 0 Å². The van der Waals surface area contributed by atoms with Crippen molar-refractivity contribution < 1.29 is 14.7 Å². The molecule has 0 aromatic heterocycles. The lowest BCUT2D eigenvalue weighted by molar-refractivity contribution is -0.137. The predicted molar refractivity (Wildman–Crippen MR) is 70.3 cm³/mol. The van der Waals surface area contributed by atoms with Gasteiger partial charge in [-0.1, -0.05) is 29.3 Å². The molecule has 1 rings (SSSR count). The molecule has 0 spiro atoms. The molecule has 0 saturated heterocycles. The molecule has 0 fully saturated rings. The molecule has 98 valence electrons. The summed E-state index contributed by atoms with van der Waals surface area (Å²) < 4.78 is 0. The highest BCUT2D eigenvalue weighted by Crippen LogP contribution is 2.26. The molecule has 0 unspecified atom stereocenters. The third-order valence-corrected chi connectivity index (χ3v) is 3.27. The van der Waals surface area contributed by atoms with Gasteiger partial charge in [-0.15, -0.1) is 0 Å². The Kier molecular flexibility index (Phi) is 5.44. The van der Waals surface area contributed by atoms with Gasteiger partial charge in [-0.2, -0.15) is 0 Å². The van der Waals surface area contributed by atoms with Crippen LogP contribution in [-0.2, 0) is 4.79 Å². The summed E-state index contributed by atoms with van der Waals surface area (Å²) in [5.41, 5.74) is 0.288. The normalized spacial score (nSPS) is 10.2. The third kappa shape index (κ3) is 3.62. The standard InChI is InChI=1S/C12H13Cl2NO3/c1-2-15(7-6-10(16)17)12(18)8-4-3-5-9(13)11(8)14/h3-5H,2,6-7H2,1H3,(H,16,17). The van der Waals surface area contributed by atoms with Crippen molar-refractivity contribution in [3.05, 3.63) is 33.8 Å². The van der Waals surface area contributed by atoms with Gasteiger partial charge in [0.05, 0.1) is 22.0 Å². The molecule has 1 N–H and O–H groups in total. The van der Waals surface area contributed by atoms with Crippen LogP contribution >= 0.6 is 23.2 Å². The van der Waals surface area contributed by atoms with Crippen LogP contribution in [0.25, 0.3) is 0 Å². The molecular weight excluding hydrogens is 277 g/mol. The van der Waals surface area contributed by atoms with Crippen LogP contribution in [0.1, 0.15) is 23.7 Å². The fourth-order valence-corrected chi connectivity index (χ4v) is 1.85. The average Bonchev–Trinajstić information content (AvgIpc) is 2.32. The fourth-order valence-electron chi connectivity index (χ4n) is 1.47. The first-order chi connectivity index (χ1) is 8.47. The maximum atomic E-state index is 12.2. The lowest BCUT2D eigenvalue weighted by atomic mass is 10.2. The van der Waals surface area contributed by atoms with Crippen LogP contribution in [0.5, 0.6) is 0 Å². The van der Waals surface area contributed by atoms with Gasteiger partial charge in [0.1, 0.15) is 0 Å². The second-order valence-corrected chi connectivity index (χ2v) is 4.42. The largest absolute Gasteiger partial charge is 0.481 e. The molecule has 0 aliphatic rings. The summed E-state index contributed by atoms with van der Waals surface area (Å²) in [6.07, 6.45) is -0.0994. The van der Waals surface area contributed by atoms with E-state index < -0.39 is 5.97 Å². The van der Waals surface area contributed by atoms with Crippen LogP contribution in [0.15, 0.2) is 18.2 Å². The van der Waals surface area contributed by atoms with Crippen molar-refractivity contribution in [2.45, 2.75) is 13.3 Å². The quantitative estimate of drug-likeness (QED) is 0.907. The number of carboxylic acids is 1. The van der Waals surface area contributed by atoms with Gasteiger partial charge in [-0.25, -0.2) is 0 Å². The Bertz CT molecular complexity index is 463. The number of benzene rings is 1. The number of halogens is 2. The average molecular weight is 290 g/mol. The number of nitrogens with zero attached hydrogens (tertiary/aromatic N) is 1. The molecule has 0 atom stereocenters. The molecular formula is C12H13Cl2NO3. The highest BCUT2D eigenvalue weighted by Gasteiger charge is 2.18. The summed E-state index contributed by atoms with van der Waals surface area (Å²) in [7, 11) is 0. The smallest absolute Gasteiger partial charge is 0.305 e. The lowest BCUT2D eigenvalue weighted by Gasteiger charge is -2.20. The van der Waals surface area contributed by atoms with E-state index in [1.807, 2.05) is 0 Å². The lowest BCUT2D eigenvalue weighted by Crippen LogP contribution is -2.33. The molecule has 6 heteroatoms. The molecule has 1 aromatic rings. The number of carbonyl (C=O) groups excluding carboxylic acids is 1. The van der Waals surface area contributed by atoms with E-state index in [4.69, 9.17) is 28.3 Å². The summed E-state index contributed by atoms with van der Waals surface area (Å²) in [6.45, 7) is 2.33. The first-order valence-electron chi connectivity index (χ1n) is 5.42. The summed E-state index contributed by atoms with van der Waals surface area (Å²) in [4.78, 5) is 24.1. The number of hydrogen-bond acceptors (Lipinski definition) is 2. The Morgan fingerprint density at radius 1 is 1.33 bits per heavy atom. The number of rotatable bonds is 5. The van der Waals surface area contributed by atoms with Crippen LogP contribution in [0, 0.1) is 0 Å². The zero-order valence-electron chi connectivity index (χ0n) is 9.82. The Morgan fingerprint density at radius 2 is 2.00 bits per heavy atom. The maximum absolute atomic E-state index is 12.2. The van der Waals surface area contributed by atoms with E-state index in [0.717, 1.165) is 0 Å². The van der Waals surface area contributed by atoms with Crippen LogP contribution < -0.4 is 0 Å².